The second-order valence-electron chi connectivity index (χ2n) is 9.52. The number of anilines is 1. The lowest BCUT2D eigenvalue weighted by Gasteiger charge is -2.20. The highest BCUT2D eigenvalue weighted by atomic mass is 79.9. The van der Waals surface area contributed by atoms with Gasteiger partial charge in [-0.2, -0.15) is 8.42 Å². The molecule has 4 aromatic rings. The zero-order valence-electron chi connectivity index (χ0n) is 22.5. The molecule has 0 aliphatic carbocycles. The summed E-state index contributed by atoms with van der Waals surface area (Å²) in [6.07, 6.45) is 1.41. The van der Waals surface area contributed by atoms with Crippen LogP contribution in [0.2, 0.25) is 0 Å². The second kappa shape index (κ2) is 12.5. The molecule has 0 bridgehead atoms. The Labute approximate surface area is 274 Å². The third kappa shape index (κ3) is 6.91. The largest absolute Gasteiger partial charge is 0.372 e. The Bertz CT molecular complexity index is 2060. The summed E-state index contributed by atoms with van der Waals surface area (Å²) in [6, 6.07) is 19.2. The third-order valence-electron chi connectivity index (χ3n) is 6.38. The number of hydrogen-bond acceptors (Lipinski definition) is 9. The van der Waals surface area contributed by atoms with Gasteiger partial charge < -0.3 is 9.50 Å². The molecule has 0 saturated carbocycles. The summed E-state index contributed by atoms with van der Waals surface area (Å²) in [5, 5.41) is 14.5. The molecule has 1 aliphatic rings. The van der Waals surface area contributed by atoms with E-state index in [1.165, 1.54) is 36.4 Å². The Morgan fingerprint density at radius 1 is 0.932 bits per heavy atom. The second-order valence-corrected chi connectivity index (χ2v) is 15.8. The lowest BCUT2D eigenvalue weighted by Crippen LogP contribution is -2.18. The number of aryl methyl sites for hydroxylation is 1. The van der Waals surface area contributed by atoms with Crippen molar-refractivity contribution in [2.24, 2.45) is 0 Å². The van der Waals surface area contributed by atoms with Gasteiger partial charge in [0.1, 0.15) is 4.90 Å². The van der Waals surface area contributed by atoms with Crippen LogP contribution in [0, 0.1) is 17.0 Å². The van der Waals surface area contributed by atoms with Gasteiger partial charge in [-0.3, -0.25) is 14.9 Å². The van der Waals surface area contributed by atoms with Crippen LogP contribution in [0.4, 0.5) is 11.4 Å². The smallest absolute Gasteiger partial charge is 0.339 e. The number of fused-ring (bicyclic) bond motifs is 1. The lowest BCUT2D eigenvalue weighted by molar-refractivity contribution is -0.385. The fourth-order valence-corrected chi connectivity index (χ4v) is 9.09. The number of halogens is 2. The van der Waals surface area contributed by atoms with Gasteiger partial charge in [-0.15, -0.1) is 0 Å². The minimum atomic E-state index is -4.34. The number of nitrogens with zero attached hydrogens (tertiary/aromatic N) is 1. The van der Waals surface area contributed by atoms with Crippen LogP contribution in [0.3, 0.4) is 0 Å². The zero-order chi connectivity index (χ0) is 31.8. The first-order chi connectivity index (χ1) is 20.7. The quantitative estimate of drug-likeness (QED) is 0.0844. The van der Waals surface area contributed by atoms with Crippen molar-refractivity contribution >= 4 is 86.9 Å². The number of nitro benzene ring substituents is 1. The van der Waals surface area contributed by atoms with E-state index in [4.69, 9.17) is 4.18 Å². The van der Waals surface area contributed by atoms with Crippen LogP contribution in [0.15, 0.2) is 107 Å². The van der Waals surface area contributed by atoms with Gasteiger partial charge >= 0.3 is 15.8 Å². The van der Waals surface area contributed by atoms with Gasteiger partial charge in [0.15, 0.2) is 9.84 Å². The summed E-state index contributed by atoms with van der Waals surface area (Å²) < 4.78 is 58.2. The van der Waals surface area contributed by atoms with Gasteiger partial charge in [0.25, 0.3) is 5.91 Å². The van der Waals surface area contributed by atoms with E-state index in [-0.39, 0.29) is 26.0 Å². The van der Waals surface area contributed by atoms with Crippen LogP contribution in [0.5, 0.6) is 5.75 Å². The van der Waals surface area contributed by atoms with E-state index in [1.807, 2.05) is 0 Å². The summed E-state index contributed by atoms with van der Waals surface area (Å²) in [7, 11) is -8.12. The highest BCUT2D eigenvalue weighted by Gasteiger charge is 2.27. The maximum atomic E-state index is 13.2. The molecule has 1 amide bonds. The molecule has 0 fully saturated rings. The van der Waals surface area contributed by atoms with Crippen LogP contribution in [0.25, 0.3) is 6.08 Å². The molecule has 4 aromatic carbocycles. The Morgan fingerprint density at radius 2 is 1.59 bits per heavy atom. The first kappa shape index (κ1) is 31.9. The molecule has 0 atom stereocenters. The molecule has 0 saturated heterocycles. The average molecular weight is 780 g/mol. The summed E-state index contributed by atoms with van der Waals surface area (Å²) in [6.45, 7) is 1.78. The number of thioether (sulfide) groups is 1. The highest BCUT2D eigenvalue weighted by Crippen LogP contribution is 2.41. The molecule has 0 radical (unpaired) electrons. The van der Waals surface area contributed by atoms with Crippen LogP contribution in [0.1, 0.15) is 16.7 Å². The van der Waals surface area contributed by atoms with Crippen LogP contribution in [-0.2, 0) is 30.5 Å². The molecule has 15 heteroatoms. The van der Waals surface area contributed by atoms with E-state index >= 15 is 0 Å². The van der Waals surface area contributed by atoms with Crippen molar-refractivity contribution in [2.45, 2.75) is 27.4 Å². The molecular weight excluding hydrogens is 760 g/mol. The number of amides is 1. The van der Waals surface area contributed by atoms with Gasteiger partial charge in [-0.05, 0) is 72.7 Å². The van der Waals surface area contributed by atoms with Crippen molar-refractivity contribution in [3.8, 4) is 5.75 Å². The van der Waals surface area contributed by atoms with Gasteiger partial charge in [0.2, 0.25) is 5.75 Å². The Balaban J connectivity index is 1.39. The monoisotopic (exact) mass is 778 g/mol. The molecule has 10 nitrogen and oxygen atoms in total. The molecule has 44 heavy (non-hydrogen) atoms. The number of carbonyl (C=O) groups excluding carboxylic acids is 1. The molecular formula is C29H20Br2N2O8S3. The molecule has 5 rings (SSSR count). The molecule has 1 heterocycles. The van der Waals surface area contributed by atoms with E-state index in [9.17, 15) is 31.7 Å². The Kier molecular flexibility index (Phi) is 9.05. The van der Waals surface area contributed by atoms with Crippen molar-refractivity contribution in [2.75, 3.05) is 5.32 Å². The number of sulfone groups is 1. The maximum absolute atomic E-state index is 13.2. The van der Waals surface area contributed by atoms with E-state index in [2.05, 4.69) is 37.2 Å². The Morgan fingerprint density at radius 3 is 2.25 bits per heavy atom. The number of nitro groups is 1. The first-order valence-electron chi connectivity index (χ1n) is 12.5. The fraction of sp³-hybridized carbons (Fsp3) is 0.0690. The number of carbonyl (C=O) groups is 1. The van der Waals surface area contributed by atoms with E-state index < -0.39 is 42.2 Å². The minimum absolute atomic E-state index is 0.0269. The standard InChI is InChI=1S/C29H20Br2N2O8S3/c1-17-5-8-19(9-6-17)44(39,40)41-26-11-7-18(13-25(26)33(35)36)14-28-29(34)32-24-15-20(10-12-27(24)42-28)43(37,38)16-21-22(30)3-2-4-23(21)31/h2-15H,16H2,1H3,(H,32,34)/b28-14+. The van der Waals surface area contributed by atoms with Gasteiger partial charge in [-0.1, -0.05) is 73.5 Å². The lowest BCUT2D eigenvalue weighted by atomic mass is 10.1. The molecule has 1 aliphatic heterocycles. The fourth-order valence-electron chi connectivity index (χ4n) is 4.14. The minimum Gasteiger partial charge on any atom is -0.372 e. The normalized spacial score (nSPS) is 14.2. The predicted octanol–water partition coefficient (Wildman–Crippen LogP) is 7.26. The van der Waals surface area contributed by atoms with Crippen molar-refractivity contribution in [1.29, 1.82) is 0 Å². The summed E-state index contributed by atoms with van der Waals surface area (Å²) >= 11 is 7.82. The van der Waals surface area contributed by atoms with Crippen molar-refractivity contribution < 1.29 is 30.7 Å². The SMILES string of the molecule is Cc1ccc(S(=O)(=O)Oc2ccc(/C=C3/Sc4ccc(S(=O)(=O)Cc5c(Br)cccc5Br)cc4NC3=O)cc2[N+](=O)[O-])cc1. The Hall–Kier alpha value is -3.50. The summed E-state index contributed by atoms with van der Waals surface area (Å²) in [4.78, 5) is 24.6. The number of rotatable bonds is 8. The number of nitrogens with one attached hydrogen (secondary N) is 1. The van der Waals surface area contributed by atoms with Gasteiger partial charge in [-0.25, -0.2) is 8.42 Å². The first-order valence-corrected chi connectivity index (χ1v) is 18.0. The maximum Gasteiger partial charge on any atom is 0.339 e. The zero-order valence-corrected chi connectivity index (χ0v) is 28.1. The molecule has 0 spiro atoms. The van der Waals surface area contributed by atoms with E-state index in [0.29, 0.717) is 25.1 Å². The highest BCUT2D eigenvalue weighted by molar-refractivity contribution is 9.11. The molecule has 1 N–H and O–H groups in total. The average Bonchev–Trinajstić information content (AvgIpc) is 2.96. The number of benzene rings is 4. The van der Waals surface area contributed by atoms with Crippen molar-refractivity contribution in [1.82, 2.24) is 0 Å². The van der Waals surface area contributed by atoms with Crippen molar-refractivity contribution in [3.05, 3.63) is 120 Å². The summed E-state index contributed by atoms with van der Waals surface area (Å²) in [5.74, 6) is -1.30. The van der Waals surface area contributed by atoms with E-state index in [1.54, 1.807) is 43.3 Å². The van der Waals surface area contributed by atoms with Crippen LogP contribution in [-0.4, -0.2) is 27.7 Å². The molecule has 226 valence electrons. The van der Waals surface area contributed by atoms with Gasteiger partial charge in [0, 0.05) is 19.9 Å². The number of hydrogen-bond donors (Lipinski definition) is 1. The summed E-state index contributed by atoms with van der Waals surface area (Å²) in [5.41, 5.74) is 1.33. The molecule has 0 aromatic heterocycles. The predicted molar refractivity (Wildman–Crippen MR) is 174 cm³/mol. The van der Waals surface area contributed by atoms with E-state index in [0.717, 1.165) is 29.5 Å². The van der Waals surface area contributed by atoms with Crippen LogP contribution < -0.4 is 9.50 Å². The van der Waals surface area contributed by atoms with Crippen LogP contribution >= 0.6 is 43.6 Å². The van der Waals surface area contributed by atoms with Gasteiger partial charge in [0.05, 0.1) is 26.2 Å². The molecule has 0 unspecified atom stereocenters. The third-order valence-corrected chi connectivity index (χ3v) is 11.9. The van der Waals surface area contributed by atoms with Crippen molar-refractivity contribution in [3.63, 3.8) is 0 Å². The topological polar surface area (TPSA) is 150 Å².